The number of carbonyl (C=O) groups excluding carboxylic acids is 1. The molecule has 9 nitrogen and oxygen atoms in total. The second-order valence-corrected chi connectivity index (χ2v) is 6.72. The van der Waals surface area contributed by atoms with Gasteiger partial charge in [0.2, 0.25) is 5.95 Å². The summed E-state index contributed by atoms with van der Waals surface area (Å²) in [5, 5.41) is 11.2. The summed E-state index contributed by atoms with van der Waals surface area (Å²) in [6.45, 7) is 5.75. The largest absolute Gasteiger partial charge is 0.370 e. The molecule has 0 unspecified atom stereocenters. The number of fused-ring (bicyclic) bond motifs is 3. The molecule has 2 aromatic rings. The zero-order chi connectivity index (χ0) is 17.4. The number of hydrogen-bond acceptors (Lipinski definition) is 7. The molecule has 0 spiro atoms. The second kappa shape index (κ2) is 6.40. The SMILES string of the molecule is CC(C)Nc1ncc(C(=O)N2CC[C@@H]3OCc4cnnn4[C@H]3C2)cn1. The lowest BCUT2D eigenvalue weighted by atomic mass is 10.00. The number of ether oxygens (including phenoxy) is 1. The summed E-state index contributed by atoms with van der Waals surface area (Å²) >= 11 is 0. The Morgan fingerprint density at radius 3 is 2.88 bits per heavy atom. The molecule has 4 rings (SSSR count). The van der Waals surface area contributed by atoms with E-state index < -0.39 is 0 Å². The van der Waals surface area contributed by atoms with Gasteiger partial charge in [0, 0.05) is 31.5 Å². The predicted molar refractivity (Wildman–Crippen MR) is 88.9 cm³/mol. The highest BCUT2D eigenvalue weighted by Gasteiger charge is 2.38. The summed E-state index contributed by atoms with van der Waals surface area (Å²) in [5.41, 5.74) is 1.44. The average molecular weight is 343 g/mol. The fraction of sp³-hybridized carbons (Fsp3) is 0.562. The molecule has 2 aromatic heterocycles. The monoisotopic (exact) mass is 343 g/mol. The molecule has 2 aliphatic heterocycles. The van der Waals surface area contributed by atoms with E-state index in [0.29, 0.717) is 31.2 Å². The van der Waals surface area contributed by atoms with Crippen LogP contribution in [0.2, 0.25) is 0 Å². The Morgan fingerprint density at radius 2 is 2.12 bits per heavy atom. The Bertz CT molecular complexity index is 758. The maximum Gasteiger partial charge on any atom is 0.257 e. The van der Waals surface area contributed by atoms with Crippen molar-refractivity contribution in [1.29, 1.82) is 0 Å². The number of hydrogen-bond donors (Lipinski definition) is 1. The van der Waals surface area contributed by atoms with E-state index in [1.807, 2.05) is 23.4 Å². The van der Waals surface area contributed by atoms with Gasteiger partial charge >= 0.3 is 0 Å². The number of carbonyl (C=O) groups is 1. The van der Waals surface area contributed by atoms with Crippen LogP contribution in [0.4, 0.5) is 5.95 Å². The molecule has 9 heteroatoms. The van der Waals surface area contributed by atoms with Crippen LogP contribution in [0.15, 0.2) is 18.6 Å². The van der Waals surface area contributed by atoms with Gasteiger partial charge in [0.15, 0.2) is 0 Å². The number of rotatable bonds is 3. The minimum absolute atomic E-state index is 0.00625. The van der Waals surface area contributed by atoms with Crippen LogP contribution >= 0.6 is 0 Å². The molecule has 0 saturated carbocycles. The van der Waals surface area contributed by atoms with Crippen LogP contribution in [0.25, 0.3) is 0 Å². The third kappa shape index (κ3) is 3.07. The summed E-state index contributed by atoms with van der Waals surface area (Å²) in [5.74, 6) is 0.458. The average Bonchev–Trinajstić information content (AvgIpc) is 3.10. The van der Waals surface area contributed by atoms with E-state index >= 15 is 0 Å². The van der Waals surface area contributed by atoms with Crippen LogP contribution in [0.3, 0.4) is 0 Å². The van der Waals surface area contributed by atoms with Gasteiger partial charge in [-0.2, -0.15) is 0 Å². The molecule has 0 aliphatic carbocycles. The highest BCUT2D eigenvalue weighted by Crippen LogP contribution is 2.30. The smallest absolute Gasteiger partial charge is 0.257 e. The van der Waals surface area contributed by atoms with E-state index in [4.69, 9.17) is 4.74 Å². The number of likely N-dealkylation sites (tertiary alicyclic amines) is 1. The number of amides is 1. The Morgan fingerprint density at radius 1 is 1.32 bits per heavy atom. The molecule has 1 fully saturated rings. The zero-order valence-corrected chi connectivity index (χ0v) is 14.3. The third-order valence-electron chi connectivity index (χ3n) is 4.53. The number of piperidine rings is 1. The summed E-state index contributed by atoms with van der Waals surface area (Å²) in [7, 11) is 0. The van der Waals surface area contributed by atoms with Gasteiger partial charge in [-0.3, -0.25) is 4.79 Å². The van der Waals surface area contributed by atoms with Gasteiger partial charge in [-0.25, -0.2) is 14.6 Å². The standard InChI is InChI=1S/C16H21N7O2/c1-10(2)20-16-17-5-11(6-18-16)15(24)22-4-3-14-13(8-22)23-12(9-25-14)7-19-21-23/h5-7,10,13-14H,3-4,8-9H2,1-2H3,(H,17,18,20)/t13-,14-/m0/s1. The van der Waals surface area contributed by atoms with Crippen molar-refractivity contribution in [2.45, 2.75) is 45.1 Å². The quantitative estimate of drug-likeness (QED) is 0.883. The van der Waals surface area contributed by atoms with E-state index in [1.54, 1.807) is 18.6 Å². The molecule has 132 valence electrons. The molecule has 1 amide bonds. The van der Waals surface area contributed by atoms with Crippen LogP contribution in [0, 0.1) is 0 Å². The van der Waals surface area contributed by atoms with Gasteiger partial charge in [-0.05, 0) is 20.3 Å². The topological polar surface area (TPSA) is 98.1 Å². The van der Waals surface area contributed by atoms with E-state index in [0.717, 1.165) is 12.1 Å². The maximum atomic E-state index is 12.8. The van der Waals surface area contributed by atoms with Crippen molar-refractivity contribution in [3.8, 4) is 0 Å². The van der Waals surface area contributed by atoms with E-state index in [2.05, 4.69) is 25.6 Å². The first-order valence-corrected chi connectivity index (χ1v) is 8.50. The molecule has 1 N–H and O–H groups in total. The summed E-state index contributed by atoms with van der Waals surface area (Å²) in [4.78, 5) is 23.1. The van der Waals surface area contributed by atoms with Gasteiger partial charge in [0.1, 0.15) is 0 Å². The van der Waals surface area contributed by atoms with Gasteiger partial charge in [0.25, 0.3) is 5.91 Å². The highest BCUT2D eigenvalue weighted by molar-refractivity contribution is 5.93. The first-order chi connectivity index (χ1) is 12.1. The first-order valence-electron chi connectivity index (χ1n) is 8.50. The van der Waals surface area contributed by atoms with Gasteiger partial charge in [-0.1, -0.05) is 5.21 Å². The van der Waals surface area contributed by atoms with Crippen molar-refractivity contribution >= 4 is 11.9 Å². The highest BCUT2D eigenvalue weighted by atomic mass is 16.5. The Labute approximate surface area is 145 Å². The van der Waals surface area contributed by atoms with E-state index in [1.165, 1.54) is 0 Å². The van der Waals surface area contributed by atoms with Crippen molar-refractivity contribution in [3.05, 3.63) is 29.8 Å². The molecular weight excluding hydrogens is 322 g/mol. The number of aromatic nitrogens is 5. The lowest BCUT2D eigenvalue weighted by molar-refractivity contribution is -0.0605. The van der Waals surface area contributed by atoms with Crippen molar-refractivity contribution < 1.29 is 9.53 Å². The summed E-state index contributed by atoms with van der Waals surface area (Å²) in [6, 6.07) is 0.246. The van der Waals surface area contributed by atoms with Gasteiger partial charge < -0.3 is 15.0 Å². The fourth-order valence-corrected chi connectivity index (χ4v) is 3.32. The molecule has 0 bridgehead atoms. The van der Waals surface area contributed by atoms with Crippen LogP contribution < -0.4 is 5.32 Å². The zero-order valence-electron chi connectivity index (χ0n) is 14.3. The Kier molecular flexibility index (Phi) is 4.08. The van der Waals surface area contributed by atoms with Crippen molar-refractivity contribution in [2.75, 3.05) is 18.4 Å². The molecule has 2 aliphatic rings. The lowest BCUT2D eigenvalue weighted by Gasteiger charge is -2.40. The van der Waals surface area contributed by atoms with Crippen LogP contribution in [-0.2, 0) is 11.3 Å². The molecule has 1 saturated heterocycles. The molecule has 25 heavy (non-hydrogen) atoms. The number of anilines is 1. The van der Waals surface area contributed by atoms with Crippen LogP contribution in [-0.4, -0.2) is 61.0 Å². The number of nitrogens with one attached hydrogen (secondary N) is 1. The maximum absolute atomic E-state index is 12.8. The third-order valence-corrected chi connectivity index (χ3v) is 4.53. The lowest BCUT2D eigenvalue weighted by Crippen LogP contribution is -2.49. The molecule has 2 atom stereocenters. The summed E-state index contributed by atoms with van der Waals surface area (Å²) in [6.07, 6.45) is 5.72. The fourth-order valence-electron chi connectivity index (χ4n) is 3.32. The van der Waals surface area contributed by atoms with Crippen LogP contribution in [0.1, 0.15) is 42.4 Å². The Hall–Kier alpha value is -2.55. The first kappa shape index (κ1) is 15.9. The normalized spacial score (nSPS) is 22.4. The van der Waals surface area contributed by atoms with Crippen molar-refractivity contribution in [1.82, 2.24) is 29.9 Å². The second-order valence-electron chi connectivity index (χ2n) is 6.72. The Balaban J connectivity index is 1.48. The van der Waals surface area contributed by atoms with Gasteiger partial charge in [0.05, 0.1) is 36.2 Å². The van der Waals surface area contributed by atoms with Gasteiger partial charge in [-0.15, -0.1) is 5.10 Å². The molecule has 0 radical (unpaired) electrons. The van der Waals surface area contributed by atoms with Crippen molar-refractivity contribution in [3.63, 3.8) is 0 Å². The summed E-state index contributed by atoms with van der Waals surface area (Å²) < 4.78 is 7.77. The minimum atomic E-state index is -0.0678. The van der Waals surface area contributed by atoms with Crippen LogP contribution in [0.5, 0.6) is 0 Å². The molecule has 0 aromatic carbocycles. The van der Waals surface area contributed by atoms with E-state index in [-0.39, 0.29) is 24.1 Å². The molecular formula is C16H21N7O2. The van der Waals surface area contributed by atoms with Crippen molar-refractivity contribution in [2.24, 2.45) is 0 Å². The van der Waals surface area contributed by atoms with E-state index in [9.17, 15) is 4.79 Å². The molecule has 4 heterocycles. The minimum Gasteiger partial charge on any atom is -0.370 e. The predicted octanol–water partition coefficient (Wildman–Crippen LogP) is 0.874. The number of nitrogens with zero attached hydrogens (tertiary/aromatic N) is 6.